The van der Waals surface area contributed by atoms with Crippen molar-refractivity contribution in [2.45, 2.75) is 47.1 Å². The number of hydrogen-bond acceptors (Lipinski definition) is 2. The number of ether oxygens (including phenoxy) is 1. The molecule has 1 aromatic carbocycles. The van der Waals surface area contributed by atoms with E-state index in [-0.39, 0.29) is 5.41 Å². The van der Waals surface area contributed by atoms with Gasteiger partial charge in [0.25, 0.3) is 0 Å². The minimum Gasteiger partial charge on any atom is -0.381 e. The highest BCUT2D eigenvalue weighted by molar-refractivity contribution is 5.14. The van der Waals surface area contributed by atoms with Crippen LogP contribution in [0.4, 0.5) is 0 Å². The summed E-state index contributed by atoms with van der Waals surface area (Å²) >= 11 is 0. The highest BCUT2D eigenvalue weighted by Crippen LogP contribution is 2.15. The third-order valence-corrected chi connectivity index (χ3v) is 3.34. The molecule has 20 heavy (non-hydrogen) atoms. The van der Waals surface area contributed by atoms with Gasteiger partial charge in [0.15, 0.2) is 0 Å². The topological polar surface area (TPSA) is 21.3 Å². The van der Waals surface area contributed by atoms with Crippen molar-refractivity contribution in [2.75, 3.05) is 19.8 Å². The normalized spacial score (nSPS) is 12.1. The highest BCUT2D eigenvalue weighted by Gasteiger charge is 2.17. The first-order valence-electron chi connectivity index (χ1n) is 7.82. The molecule has 0 saturated heterocycles. The molecule has 1 aromatic rings. The molecule has 0 radical (unpaired) electrons. The Morgan fingerprint density at radius 1 is 1.15 bits per heavy atom. The number of rotatable bonds is 10. The van der Waals surface area contributed by atoms with E-state index >= 15 is 0 Å². The molecule has 114 valence electrons. The van der Waals surface area contributed by atoms with E-state index in [0.29, 0.717) is 0 Å². The van der Waals surface area contributed by atoms with E-state index in [0.717, 1.165) is 32.2 Å². The average Bonchev–Trinajstić information content (AvgIpc) is 2.39. The van der Waals surface area contributed by atoms with E-state index in [1.807, 2.05) is 0 Å². The van der Waals surface area contributed by atoms with E-state index in [4.69, 9.17) is 4.74 Å². The Balaban J connectivity index is 2.11. The van der Waals surface area contributed by atoms with Gasteiger partial charge in [-0.3, -0.25) is 0 Å². The summed E-state index contributed by atoms with van der Waals surface area (Å²) in [5.74, 6) is 0.777. The molecule has 1 rings (SSSR count). The zero-order valence-corrected chi connectivity index (χ0v) is 13.6. The fourth-order valence-corrected chi connectivity index (χ4v) is 2.13. The van der Waals surface area contributed by atoms with E-state index in [1.165, 1.54) is 18.4 Å². The standard InChI is InChI=1S/C18H31NO/c1-16(2)9-8-12-20-15-18(3,4)14-19-13-17-10-6-5-7-11-17/h5-7,10-11,16,19H,8-9,12-15H2,1-4H3. The monoisotopic (exact) mass is 277 g/mol. The summed E-state index contributed by atoms with van der Waals surface area (Å²) in [5, 5.41) is 3.52. The van der Waals surface area contributed by atoms with Crippen LogP contribution in [0.1, 0.15) is 46.1 Å². The second-order valence-electron chi connectivity index (χ2n) is 6.84. The molecule has 0 aromatic heterocycles. The summed E-state index contributed by atoms with van der Waals surface area (Å²) in [6.07, 6.45) is 2.43. The van der Waals surface area contributed by atoms with Crippen molar-refractivity contribution in [1.82, 2.24) is 5.32 Å². The number of hydrogen-bond donors (Lipinski definition) is 1. The van der Waals surface area contributed by atoms with Crippen LogP contribution in [-0.4, -0.2) is 19.8 Å². The molecule has 0 fully saturated rings. The summed E-state index contributed by atoms with van der Waals surface area (Å²) < 4.78 is 5.81. The molecule has 2 nitrogen and oxygen atoms in total. The van der Waals surface area contributed by atoms with Gasteiger partial charge in [0, 0.05) is 25.1 Å². The zero-order chi connectivity index (χ0) is 14.8. The first-order chi connectivity index (χ1) is 9.49. The maximum atomic E-state index is 5.81. The largest absolute Gasteiger partial charge is 0.381 e. The molecule has 2 heteroatoms. The third kappa shape index (κ3) is 8.34. The lowest BCUT2D eigenvalue weighted by atomic mass is 9.94. The van der Waals surface area contributed by atoms with Crippen molar-refractivity contribution < 1.29 is 4.74 Å². The van der Waals surface area contributed by atoms with Crippen molar-refractivity contribution in [3.05, 3.63) is 35.9 Å². The minimum absolute atomic E-state index is 0.187. The van der Waals surface area contributed by atoms with Crippen LogP contribution in [0.2, 0.25) is 0 Å². The van der Waals surface area contributed by atoms with Crippen molar-refractivity contribution in [1.29, 1.82) is 0 Å². The van der Waals surface area contributed by atoms with E-state index in [1.54, 1.807) is 0 Å². The quantitative estimate of drug-likeness (QED) is 0.645. The van der Waals surface area contributed by atoms with Gasteiger partial charge in [-0.15, -0.1) is 0 Å². The SMILES string of the molecule is CC(C)CCCOCC(C)(C)CNCc1ccccc1. The summed E-state index contributed by atoms with van der Waals surface area (Å²) in [6.45, 7) is 12.7. The number of nitrogens with one attached hydrogen (secondary N) is 1. The Morgan fingerprint density at radius 3 is 2.50 bits per heavy atom. The van der Waals surface area contributed by atoms with Gasteiger partial charge in [-0.2, -0.15) is 0 Å². The molecule has 0 saturated carbocycles. The third-order valence-electron chi connectivity index (χ3n) is 3.34. The maximum Gasteiger partial charge on any atom is 0.0529 e. The highest BCUT2D eigenvalue weighted by atomic mass is 16.5. The summed E-state index contributed by atoms with van der Waals surface area (Å²) in [6, 6.07) is 10.5. The molecule has 0 aliphatic rings. The van der Waals surface area contributed by atoms with Gasteiger partial charge >= 0.3 is 0 Å². The molecule has 0 amide bonds. The first kappa shape index (κ1) is 17.2. The molecule has 1 N–H and O–H groups in total. The van der Waals surface area contributed by atoms with Gasteiger partial charge < -0.3 is 10.1 Å². The predicted octanol–water partition coefficient (Wildman–Crippen LogP) is 4.26. The van der Waals surface area contributed by atoms with Gasteiger partial charge in [-0.25, -0.2) is 0 Å². The van der Waals surface area contributed by atoms with Crippen molar-refractivity contribution in [3.8, 4) is 0 Å². The van der Waals surface area contributed by atoms with Gasteiger partial charge in [-0.05, 0) is 24.3 Å². The second kappa shape index (κ2) is 9.15. The van der Waals surface area contributed by atoms with Crippen molar-refractivity contribution >= 4 is 0 Å². The van der Waals surface area contributed by atoms with Gasteiger partial charge in [0.1, 0.15) is 0 Å². The lowest BCUT2D eigenvalue weighted by molar-refractivity contribution is 0.0585. The summed E-state index contributed by atoms with van der Waals surface area (Å²) in [5.41, 5.74) is 1.52. The van der Waals surface area contributed by atoms with Crippen LogP contribution in [0.25, 0.3) is 0 Å². The molecule has 0 heterocycles. The van der Waals surface area contributed by atoms with E-state index in [9.17, 15) is 0 Å². The summed E-state index contributed by atoms with van der Waals surface area (Å²) in [7, 11) is 0. The number of benzene rings is 1. The van der Waals surface area contributed by atoms with E-state index < -0.39 is 0 Å². The van der Waals surface area contributed by atoms with E-state index in [2.05, 4.69) is 63.3 Å². The molecular weight excluding hydrogens is 246 g/mol. The fourth-order valence-electron chi connectivity index (χ4n) is 2.13. The van der Waals surface area contributed by atoms with Gasteiger partial charge in [0.05, 0.1) is 6.61 Å². The lowest BCUT2D eigenvalue weighted by Crippen LogP contribution is -2.33. The first-order valence-corrected chi connectivity index (χ1v) is 7.82. The Morgan fingerprint density at radius 2 is 1.85 bits per heavy atom. The Kier molecular flexibility index (Phi) is 7.86. The van der Waals surface area contributed by atoms with Gasteiger partial charge in [-0.1, -0.05) is 58.0 Å². The molecule has 0 spiro atoms. The molecule has 0 bridgehead atoms. The van der Waals surface area contributed by atoms with Gasteiger partial charge in [0.2, 0.25) is 0 Å². The predicted molar refractivity (Wildman–Crippen MR) is 86.8 cm³/mol. The molecular formula is C18H31NO. The van der Waals surface area contributed by atoms with Crippen molar-refractivity contribution in [3.63, 3.8) is 0 Å². The maximum absolute atomic E-state index is 5.81. The Labute approximate surface area is 124 Å². The minimum atomic E-state index is 0.187. The Bertz CT molecular complexity index is 346. The second-order valence-corrected chi connectivity index (χ2v) is 6.84. The van der Waals surface area contributed by atoms with Crippen LogP contribution in [-0.2, 0) is 11.3 Å². The molecule has 0 atom stereocenters. The molecule has 0 aliphatic carbocycles. The summed E-state index contributed by atoms with van der Waals surface area (Å²) in [4.78, 5) is 0. The molecule has 0 unspecified atom stereocenters. The zero-order valence-electron chi connectivity index (χ0n) is 13.6. The van der Waals surface area contributed by atoms with Crippen LogP contribution >= 0.6 is 0 Å². The molecule has 0 aliphatic heterocycles. The lowest BCUT2D eigenvalue weighted by Gasteiger charge is -2.25. The van der Waals surface area contributed by atoms with Crippen molar-refractivity contribution in [2.24, 2.45) is 11.3 Å². The van der Waals surface area contributed by atoms with Crippen LogP contribution < -0.4 is 5.32 Å². The van der Waals surface area contributed by atoms with Crippen LogP contribution in [0, 0.1) is 11.3 Å². The van der Waals surface area contributed by atoms with Crippen LogP contribution in [0.3, 0.4) is 0 Å². The fraction of sp³-hybridized carbons (Fsp3) is 0.667. The van der Waals surface area contributed by atoms with Crippen LogP contribution in [0.15, 0.2) is 30.3 Å². The smallest absolute Gasteiger partial charge is 0.0529 e. The Hall–Kier alpha value is -0.860. The van der Waals surface area contributed by atoms with Crippen LogP contribution in [0.5, 0.6) is 0 Å². The average molecular weight is 277 g/mol.